The van der Waals surface area contributed by atoms with Gasteiger partial charge in [-0.05, 0) is 61.9 Å². The predicted molar refractivity (Wildman–Crippen MR) is 181 cm³/mol. The summed E-state index contributed by atoms with van der Waals surface area (Å²) in [5.41, 5.74) is 2.63. The highest BCUT2D eigenvalue weighted by Crippen LogP contribution is 2.36. The van der Waals surface area contributed by atoms with Crippen molar-refractivity contribution >= 4 is 40.7 Å². The first-order chi connectivity index (χ1) is 22.9. The molecule has 0 bridgehead atoms. The minimum Gasteiger partial charge on any atom is -0.494 e. The minimum absolute atomic E-state index is 0.0164. The van der Waals surface area contributed by atoms with Crippen molar-refractivity contribution in [3.63, 3.8) is 0 Å². The summed E-state index contributed by atoms with van der Waals surface area (Å²) in [4.78, 5) is 33.3. The van der Waals surface area contributed by atoms with Gasteiger partial charge in [0, 0.05) is 21.7 Å². The van der Waals surface area contributed by atoms with Crippen molar-refractivity contribution in [2.75, 3.05) is 13.2 Å². The summed E-state index contributed by atoms with van der Waals surface area (Å²) in [6.45, 7) is 4.26. The molecule has 0 saturated carbocycles. The molecule has 0 unspecified atom stereocenters. The number of carbonyl (C=O) groups excluding carboxylic acids is 1. The van der Waals surface area contributed by atoms with Gasteiger partial charge in [0.15, 0.2) is 4.80 Å². The number of benzene rings is 4. The van der Waals surface area contributed by atoms with Crippen LogP contribution in [0.4, 0.5) is 4.39 Å². The summed E-state index contributed by atoms with van der Waals surface area (Å²) >= 11 is 7.56. The van der Waals surface area contributed by atoms with Crippen LogP contribution in [0.2, 0.25) is 5.02 Å². The highest BCUT2D eigenvalue weighted by Gasteiger charge is 2.35. The Bertz CT molecular complexity index is 2140. The number of hydrogen-bond donors (Lipinski definition) is 0. The quantitative estimate of drug-likeness (QED) is 0.155. The molecule has 7 nitrogen and oxygen atoms in total. The number of ether oxygens (including phenoxy) is 3. The van der Waals surface area contributed by atoms with E-state index in [2.05, 4.69) is 0 Å². The lowest BCUT2D eigenvalue weighted by Gasteiger charge is -2.26. The van der Waals surface area contributed by atoms with Crippen molar-refractivity contribution in [1.29, 1.82) is 0 Å². The zero-order valence-corrected chi connectivity index (χ0v) is 27.2. The maximum absolute atomic E-state index is 14.3. The molecule has 4 aromatic carbocycles. The molecule has 238 valence electrons. The Hall–Kier alpha value is -4.99. The maximum Gasteiger partial charge on any atom is 0.338 e. The van der Waals surface area contributed by atoms with Crippen LogP contribution in [0.25, 0.3) is 11.8 Å². The predicted octanol–water partition coefficient (Wildman–Crippen LogP) is 6.71. The van der Waals surface area contributed by atoms with Crippen molar-refractivity contribution < 1.29 is 23.4 Å². The molecule has 1 aromatic heterocycles. The highest BCUT2D eigenvalue weighted by molar-refractivity contribution is 7.07. The monoisotopic (exact) mass is 668 g/mol. The number of hydrogen-bond acceptors (Lipinski definition) is 7. The molecule has 0 fully saturated rings. The second kappa shape index (κ2) is 14.2. The molecule has 6 rings (SSSR count). The van der Waals surface area contributed by atoms with E-state index in [0.29, 0.717) is 60.4 Å². The molecule has 47 heavy (non-hydrogen) atoms. The smallest absolute Gasteiger partial charge is 0.338 e. The normalized spacial score (nSPS) is 14.4. The Morgan fingerprint density at radius 1 is 0.957 bits per heavy atom. The van der Waals surface area contributed by atoms with Gasteiger partial charge in [0.2, 0.25) is 0 Å². The largest absolute Gasteiger partial charge is 0.494 e. The van der Waals surface area contributed by atoms with Gasteiger partial charge in [-0.2, -0.15) is 0 Å². The number of carbonyl (C=O) groups is 1. The summed E-state index contributed by atoms with van der Waals surface area (Å²) in [7, 11) is 0. The average Bonchev–Trinajstić information content (AvgIpc) is 3.39. The third kappa shape index (κ3) is 6.77. The second-order valence-electron chi connectivity index (χ2n) is 10.5. The van der Waals surface area contributed by atoms with Crippen LogP contribution >= 0.6 is 22.9 Å². The molecule has 0 radical (unpaired) electrons. The fraction of sp³-hybridized carbons (Fsp3) is 0.162. The first kappa shape index (κ1) is 32.0. The molecular formula is C37H30ClFN2O5S. The van der Waals surface area contributed by atoms with E-state index in [-0.39, 0.29) is 30.2 Å². The molecule has 1 atom stereocenters. The number of esters is 1. The van der Waals surface area contributed by atoms with E-state index in [1.165, 1.54) is 22.0 Å². The first-order valence-corrected chi connectivity index (χ1v) is 16.2. The molecule has 10 heteroatoms. The molecule has 0 N–H and O–H groups in total. The van der Waals surface area contributed by atoms with Crippen LogP contribution in [-0.2, 0) is 16.1 Å². The maximum atomic E-state index is 14.3. The minimum atomic E-state index is -0.838. The number of rotatable bonds is 10. The zero-order chi connectivity index (χ0) is 32.9. The van der Waals surface area contributed by atoms with E-state index < -0.39 is 12.0 Å². The van der Waals surface area contributed by atoms with Crippen LogP contribution in [0.5, 0.6) is 11.5 Å². The molecule has 0 aliphatic carbocycles. The van der Waals surface area contributed by atoms with E-state index >= 15 is 0 Å². The van der Waals surface area contributed by atoms with Gasteiger partial charge in [0.1, 0.15) is 23.9 Å². The van der Waals surface area contributed by atoms with Crippen LogP contribution in [0, 0.1) is 5.82 Å². The number of halogens is 2. The molecule has 1 aliphatic heterocycles. The SMILES string of the molecule is CCOC(=O)C1=C(c2ccccc2)N=c2s/c(=C\c3cc(Cl)ccc3OCc3ccccc3F)c(=O)n2[C@@H]1c1ccc(OCC)cc1. The van der Waals surface area contributed by atoms with Gasteiger partial charge in [-0.15, -0.1) is 0 Å². The van der Waals surface area contributed by atoms with E-state index in [4.69, 9.17) is 30.8 Å². The molecule has 0 amide bonds. The lowest BCUT2D eigenvalue weighted by Crippen LogP contribution is -2.40. The van der Waals surface area contributed by atoms with Crippen molar-refractivity contribution in [3.8, 4) is 11.5 Å². The van der Waals surface area contributed by atoms with Crippen LogP contribution in [-0.4, -0.2) is 23.8 Å². The fourth-order valence-electron chi connectivity index (χ4n) is 5.34. The van der Waals surface area contributed by atoms with Gasteiger partial charge in [-0.3, -0.25) is 9.36 Å². The summed E-state index contributed by atoms with van der Waals surface area (Å²) < 4.78 is 33.4. The average molecular weight is 669 g/mol. The molecule has 0 spiro atoms. The van der Waals surface area contributed by atoms with E-state index in [9.17, 15) is 14.0 Å². The Balaban J connectivity index is 1.54. The number of thiazole rings is 1. The van der Waals surface area contributed by atoms with Gasteiger partial charge in [0.25, 0.3) is 5.56 Å². The standard InChI is InChI=1S/C37H30ClFN2O5S/c1-3-44-28-17-14-24(15-18-28)34-32(36(43)45-4-2)33(23-10-6-5-7-11-23)40-37-41(34)35(42)31(47-37)21-26-20-27(38)16-19-30(26)46-22-25-12-8-9-13-29(25)39/h5-21,34H,3-4,22H2,1-2H3/b31-21-/t34-/m1/s1. The van der Waals surface area contributed by atoms with Gasteiger partial charge < -0.3 is 14.2 Å². The topological polar surface area (TPSA) is 79.1 Å². The van der Waals surface area contributed by atoms with Crippen molar-refractivity contribution in [2.24, 2.45) is 4.99 Å². The molecular weight excluding hydrogens is 639 g/mol. The van der Waals surface area contributed by atoms with Gasteiger partial charge in [-0.1, -0.05) is 83.6 Å². The summed E-state index contributed by atoms with van der Waals surface area (Å²) in [5.74, 6) is 0.139. The summed E-state index contributed by atoms with van der Waals surface area (Å²) in [6, 6.07) is 27.2. The summed E-state index contributed by atoms with van der Waals surface area (Å²) in [5, 5.41) is 0.436. The Morgan fingerprint density at radius 2 is 1.70 bits per heavy atom. The lowest BCUT2D eigenvalue weighted by atomic mass is 9.93. The van der Waals surface area contributed by atoms with Crippen molar-refractivity contribution in [3.05, 3.63) is 155 Å². The number of nitrogens with zero attached hydrogens (tertiary/aromatic N) is 2. The number of aromatic nitrogens is 1. The fourth-order valence-corrected chi connectivity index (χ4v) is 6.52. The first-order valence-electron chi connectivity index (χ1n) is 15.0. The number of fused-ring (bicyclic) bond motifs is 1. The van der Waals surface area contributed by atoms with Gasteiger partial charge >= 0.3 is 5.97 Å². The van der Waals surface area contributed by atoms with Crippen LogP contribution < -0.4 is 24.4 Å². The Kier molecular flexibility index (Phi) is 9.65. The van der Waals surface area contributed by atoms with Gasteiger partial charge in [-0.25, -0.2) is 14.2 Å². The highest BCUT2D eigenvalue weighted by atomic mass is 35.5. The zero-order valence-electron chi connectivity index (χ0n) is 25.6. The third-order valence-electron chi connectivity index (χ3n) is 7.48. The second-order valence-corrected chi connectivity index (χ2v) is 11.9. The van der Waals surface area contributed by atoms with Crippen LogP contribution in [0.1, 0.15) is 42.1 Å². The van der Waals surface area contributed by atoms with Gasteiger partial charge in [0.05, 0.1) is 35.1 Å². The summed E-state index contributed by atoms with van der Waals surface area (Å²) in [6.07, 6.45) is 1.68. The molecule has 1 aliphatic rings. The third-order valence-corrected chi connectivity index (χ3v) is 8.70. The van der Waals surface area contributed by atoms with E-state index in [0.717, 1.165) is 0 Å². The lowest BCUT2D eigenvalue weighted by molar-refractivity contribution is -0.138. The molecule has 5 aromatic rings. The molecule has 0 saturated heterocycles. The van der Waals surface area contributed by atoms with E-state index in [1.54, 1.807) is 49.4 Å². The van der Waals surface area contributed by atoms with Crippen LogP contribution in [0.3, 0.4) is 0 Å². The van der Waals surface area contributed by atoms with E-state index in [1.807, 2.05) is 61.5 Å². The Morgan fingerprint density at radius 3 is 2.43 bits per heavy atom. The Labute approximate surface area is 279 Å². The van der Waals surface area contributed by atoms with Crippen LogP contribution in [0.15, 0.2) is 112 Å². The van der Waals surface area contributed by atoms with Crippen molar-refractivity contribution in [1.82, 2.24) is 4.57 Å². The van der Waals surface area contributed by atoms with Crippen molar-refractivity contribution in [2.45, 2.75) is 26.5 Å². The molecule has 2 heterocycles.